The van der Waals surface area contributed by atoms with Gasteiger partial charge >= 0.3 is 5.97 Å². The van der Waals surface area contributed by atoms with Gasteiger partial charge in [0.1, 0.15) is 11.5 Å². The van der Waals surface area contributed by atoms with Crippen molar-refractivity contribution in [3.8, 4) is 22.4 Å². The Balaban J connectivity index is 1.01. The quantitative estimate of drug-likeness (QED) is 0.211. The van der Waals surface area contributed by atoms with Crippen molar-refractivity contribution in [3.63, 3.8) is 0 Å². The van der Waals surface area contributed by atoms with Crippen LogP contribution in [0.15, 0.2) is 59.4 Å². The maximum Gasteiger partial charge on any atom is 0.373 e. The highest BCUT2D eigenvalue weighted by atomic mass is 35.5. The average molecular weight is 606 g/mol. The zero-order valence-electron chi connectivity index (χ0n) is 22.9. The molecule has 42 heavy (non-hydrogen) atoms. The molecule has 0 spiro atoms. The average Bonchev–Trinajstić information content (AvgIpc) is 3.72. The van der Waals surface area contributed by atoms with Crippen molar-refractivity contribution in [2.45, 2.75) is 75.8 Å². The van der Waals surface area contributed by atoms with Crippen molar-refractivity contribution in [2.24, 2.45) is 0 Å². The van der Waals surface area contributed by atoms with Crippen LogP contribution < -0.4 is 0 Å². The highest BCUT2D eigenvalue weighted by Crippen LogP contribution is 2.48. The molecule has 10 heteroatoms. The lowest BCUT2D eigenvalue weighted by Crippen LogP contribution is -2.45. The van der Waals surface area contributed by atoms with Gasteiger partial charge in [-0.05, 0) is 61.8 Å². The van der Waals surface area contributed by atoms with Crippen molar-refractivity contribution >= 4 is 29.2 Å². The summed E-state index contributed by atoms with van der Waals surface area (Å²) in [6.45, 7) is 1.33. The maximum atomic E-state index is 11.0. The van der Waals surface area contributed by atoms with Crippen molar-refractivity contribution in [3.05, 3.63) is 87.6 Å². The summed E-state index contributed by atoms with van der Waals surface area (Å²) in [4.78, 5) is 21.4. The topological polar surface area (TPSA) is 102 Å². The van der Waals surface area contributed by atoms with E-state index in [1.165, 1.54) is 12.4 Å². The predicted octanol–water partition coefficient (Wildman–Crippen LogP) is 7.39. The van der Waals surface area contributed by atoms with Crippen LogP contribution in [-0.2, 0) is 17.9 Å². The molecule has 2 aromatic heterocycles. The van der Waals surface area contributed by atoms with E-state index >= 15 is 0 Å². The molecule has 2 unspecified atom stereocenters. The van der Waals surface area contributed by atoms with Gasteiger partial charge in [-0.3, -0.25) is 4.90 Å². The fourth-order valence-electron chi connectivity index (χ4n) is 6.46. The minimum absolute atomic E-state index is 0.207. The molecule has 2 aliphatic heterocycles. The molecule has 4 heterocycles. The van der Waals surface area contributed by atoms with Crippen LogP contribution in [0.2, 0.25) is 10.0 Å². The van der Waals surface area contributed by atoms with Gasteiger partial charge in [-0.2, -0.15) is 0 Å². The van der Waals surface area contributed by atoms with Gasteiger partial charge in [0, 0.05) is 53.6 Å². The summed E-state index contributed by atoms with van der Waals surface area (Å²) in [5.74, 6) is 0.0798. The second-order valence-electron chi connectivity index (χ2n) is 11.5. The number of piperidine rings is 1. The molecule has 8 nitrogen and oxygen atoms in total. The minimum atomic E-state index is -1.14. The number of benzene rings is 2. The van der Waals surface area contributed by atoms with Crippen LogP contribution in [-0.4, -0.2) is 49.3 Å². The molecule has 0 amide bonds. The minimum Gasteiger partial charge on any atom is -0.475 e. The third-order valence-electron chi connectivity index (χ3n) is 8.76. The normalized spacial score (nSPS) is 22.0. The Morgan fingerprint density at radius 3 is 2.24 bits per heavy atom. The molecule has 4 aromatic rings. The first kappa shape index (κ1) is 27.5. The van der Waals surface area contributed by atoms with Crippen LogP contribution in [0.25, 0.3) is 22.4 Å². The van der Waals surface area contributed by atoms with Crippen LogP contribution in [0.3, 0.4) is 0 Å². The summed E-state index contributed by atoms with van der Waals surface area (Å²) >= 11 is 13.2. The zero-order valence-corrected chi connectivity index (χ0v) is 24.4. The molecular formula is C32H30Cl2N4O4. The van der Waals surface area contributed by atoms with Gasteiger partial charge in [-0.1, -0.05) is 58.7 Å². The zero-order chi connectivity index (χ0) is 28.8. The number of nitrogens with zero attached hydrogens (tertiary/aromatic N) is 4. The standard InChI is InChI=1S/C32H30Cl2N4O4/c33-26-2-1-3-27(34)28(26)29-25(30(42-37-29)20-8-9-20)16-38-22-10-11-23(38)13-24(12-22)41-17-18-4-6-19(7-5-18)21-14-35-31(32(39)40)36-15-21/h1-7,14-15,20,22-24H,8-13,16-17H2,(H,39,40). The van der Waals surface area contributed by atoms with Crippen molar-refractivity contribution in [1.29, 1.82) is 0 Å². The number of rotatable bonds is 9. The lowest BCUT2D eigenvalue weighted by molar-refractivity contribution is -0.0306. The fraction of sp³-hybridized carbons (Fsp3) is 0.375. The number of carboxylic acid groups (broad SMARTS) is 1. The predicted molar refractivity (Wildman–Crippen MR) is 159 cm³/mol. The molecule has 0 radical (unpaired) electrons. The van der Waals surface area contributed by atoms with E-state index in [1.54, 1.807) is 0 Å². The Kier molecular flexibility index (Phi) is 7.48. The van der Waals surface area contributed by atoms with Gasteiger partial charge in [-0.15, -0.1) is 0 Å². The van der Waals surface area contributed by atoms with E-state index in [-0.39, 0.29) is 11.9 Å². The number of ether oxygens (including phenoxy) is 1. The van der Waals surface area contributed by atoms with E-state index in [9.17, 15) is 4.79 Å². The molecule has 3 fully saturated rings. The molecule has 216 valence electrons. The summed E-state index contributed by atoms with van der Waals surface area (Å²) in [6.07, 6.45) is 9.84. The number of halogens is 2. The van der Waals surface area contributed by atoms with E-state index in [0.717, 1.165) is 84.3 Å². The summed E-state index contributed by atoms with van der Waals surface area (Å²) in [7, 11) is 0. The number of aromatic nitrogens is 3. The molecule has 1 saturated carbocycles. The third-order valence-corrected chi connectivity index (χ3v) is 9.39. The van der Waals surface area contributed by atoms with Crippen LogP contribution in [0.5, 0.6) is 0 Å². The van der Waals surface area contributed by atoms with Crippen molar-refractivity contribution < 1.29 is 19.2 Å². The molecule has 3 aliphatic rings. The first-order chi connectivity index (χ1) is 20.4. The van der Waals surface area contributed by atoms with Gasteiger partial charge in [0.2, 0.25) is 5.82 Å². The second kappa shape index (κ2) is 11.4. The van der Waals surface area contributed by atoms with Crippen LogP contribution in [0.1, 0.15) is 71.9 Å². The molecule has 2 bridgehead atoms. The van der Waals surface area contributed by atoms with E-state index < -0.39 is 5.97 Å². The lowest BCUT2D eigenvalue weighted by Gasteiger charge is -2.39. The van der Waals surface area contributed by atoms with E-state index in [2.05, 4.69) is 20.0 Å². The van der Waals surface area contributed by atoms with Crippen molar-refractivity contribution in [2.75, 3.05) is 0 Å². The van der Waals surface area contributed by atoms with Gasteiger partial charge in [-0.25, -0.2) is 14.8 Å². The maximum absolute atomic E-state index is 11.0. The second-order valence-corrected chi connectivity index (χ2v) is 12.3. The monoisotopic (exact) mass is 604 g/mol. The molecule has 2 aromatic carbocycles. The molecular weight excluding hydrogens is 575 g/mol. The number of fused-ring (bicyclic) bond motifs is 2. The molecule has 1 N–H and O–H groups in total. The first-order valence-electron chi connectivity index (χ1n) is 14.4. The summed E-state index contributed by atoms with van der Waals surface area (Å²) in [5.41, 5.74) is 5.46. The van der Waals surface area contributed by atoms with E-state index in [0.29, 0.717) is 34.7 Å². The molecule has 7 rings (SSSR count). The fourth-order valence-corrected chi connectivity index (χ4v) is 7.03. The van der Waals surface area contributed by atoms with E-state index in [1.807, 2.05) is 42.5 Å². The smallest absolute Gasteiger partial charge is 0.373 e. The van der Waals surface area contributed by atoms with Crippen molar-refractivity contribution in [1.82, 2.24) is 20.0 Å². The summed E-state index contributed by atoms with van der Waals surface area (Å²) in [6, 6.07) is 14.5. The van der Waals surface area contributed by atoms with Gasteiger partial charge in [0.25, 0.3) is 0 Å². The SMILES string of the molecule is O=C(O)c1ncc(-c2ccc(COC3CC4CCC(C3)N4Cc3c(-c4c(Cl)cccc4Cl)noc3C3CC3)cc2)cn1. The largest absolute Gasteiger partial charge is 0.475 e. The Morgan fingerprint density at radius 2 is 1.62 bits per heavy atom. The number of hydrogen-bond donors (Lipinski definition) is 1. The number of hydrogen-bond acceptors (Lipinski definition) is 7. The summed E-state index contributed by atoms with van der Waals surface area (Å²) in [5, 5.41) is 14.7. The molecule has 1 aliphatic carbocycles. The third kappa shape index (κ3) is 5.44. The van der Waals surface area contributed by atoms with Crippen LogP contribution >= 0.6 is 23.2 Å². The van der Waals surface area contributed by atoms with E-state index in [4.69, 9.17) is 37.6 Å². The molecule has 2 saturated heterocycles. The van der Waals surface area contributed by atoms with Crippen LogP contribution in [0, 0.1) is 0 Å². The van der Waals surface area contributed by atoms with Gasteiger partial charge in [0.15, 0.2) is 0 Å². The lowest BCUT2D eigenvalue weighted by atomic mass is 9.97. The number of carbonyl (C=O) groups is 1. The van der Waals surface area contributed by atoms with Gasteiger partial charge < -0.3 is 14.4 Å². The van der Waals surface area contributed by atoms with Crippen LogP contribution in [0.4, 0.5) is 0 Å². The van der Waals surface area contributed by atoms with Gasteiger partial charge in [0.05, 0.1) is 22.8 Å². The number of aromatic carboxylic acids is 1. The number of carboxylic acids is 1. The Morgan fingerprint density at radius 1 is 0.952 bits per heavy atom. The Hall–Kier alpha value is -3.30. The summed E-state index contributed by atoms with van der Waals surface area (Å²) < 4.78 is 12.4. The highest BCUT2D eigenvalue weighted by molar-refractivity contribution is 6.39. The first-order valence-corrected chi connectivity index (χ1v) is 15.1. The Bertz CT molecular complexity index is 1570. The highest BCUT2D eigenvalue weighted by Gasteiger charge is 2.43. The molecule has 2 atom stereocenters. The Labute approximate surface area is 253 Å².